The van der Waals surface area contributed by atoms with Crippen LogP contribution >= 0.6 is 0 Å². The van der Waals surface area contributed by atoms with Gasteiger partial charge in [0.05, 0.1) is 6.10 Å². The molecule has 1 aliphatic carbocycles. The van der Waals surface area contributed by atoms with Crippen LogP contribution in [0.5, 0.6) is 5.75 Å². The number of benzene rings is 1. The first-order valence-electron chi connectivity index (χ1n) is 10.5. The number of ether oxygens (including phenoxy) is 2. The van der Waals surface area contributed by atoms with Gasteiger partial charge in [-0.1, -0.05) is 63.3 Å². The Morgan fingerprint density at radius 2 is 1.63 bits per heavy atom. The van der Waals surface area contributed by atoms with Crippen LogP contribution in [-0.4, -0.2) is 19.3 Å². The number of hydrogen-bond donors (Lipinski definition) is 0. The summed E-state index contributed by atoms with van der Waals surface area (Å²) < 4.78 is 34.7. The van der Waals surface area contributed by atoms with E-state index in [-0.39, 0.29) is 5.75 Å². The maximum atomic E-state index is 12.2. The number of hydrogen-bond acceptors (Lipinski definition) is 2. The van der Waals surface area contributed by atoms with Gasteiger partial charge in [0.2, 0.25) is 0 Å². The van der Waals surface area contributed by atoms with Crippen molar-refractivity contribution < 1.29 is 18.3 Å². The van der Waals surface area contributed by atoms with E-state index >= 15 is 0 Å². The van der Waals surface area contributed by atoms with E-state index in [2.05, 4.69) is 23.8 Å². The van der Waals surface area contributed by atoms with Gasteiger partial charge in [-0.25, -0.2) is 0 Å². The van der Waals surface area contributed by atoms with Crippen molar-refractivity contribution in [2.45, 2.75) is 83.8 Å². The van der Waals surface area contributed by atoms with Crippen LogP contribution in [0.4, 0.5) is 8.78 Å². The van der Waals surface area contributed by atoms with E-state index in [0.29, 0.717) is 12.0 Å². The van der Waals surface area contributed by atoms with Gasteiger partial charge in [0.25, 0.3) is 0 Å². The third-order valence-corrected chi connectivity index (χ3v) is 5.24. The van der Waals surface area contributed by atoms with Crippen molar-refractivity contribution in [2.24, 2.45) is 5.92 Å². The fraction of sp³-hybridized carbons (Fsp3) is 0.652. The summed E-state index contributed by atoms with van der Waals surface area (Å²) in [4.78, 5) is 0. The predicted octanol–water partition coefficient (Wildman–Crippen LogP) is 7.24. The van der Waals surface area contributed by atoms with Crippen LogP contribution in [0.25, 0.3) is 6.08 Å². The van der Waals surface area contributed by atoms with Crippen molar-refractivity contribution in [2.75, 3.05) is 6.61 Å². The Hall–Kier alpha value is -1.42. The Morgan fingerprint density at radius 1 is 0.963 bits per heavy atom. The topological polar surface area (TPSA) is 18.5 Å². The van der Waals surface area contributed by atoms with E-state index in [4.69, 9.17) is 4.74 Å². The first-order valence-corrected chi connectivity index (χ1v) is 10.5. The van der Waals surface area contributed by atoms with Crippen molar-refractivity contribution in [1.82, 2.24) is 0 Å². The van der Waals surface area contributed by atoms with Crippen LogP contribution in [-0.2, 0) is 4.74 Å². The molecule has 1 aromatic carbocycles. The normalized spacial score (nSPS) is 20.4. The lowest BCUT2D eigenvalue weighted by Gasteiger charge is -2.27. The van der Waals surface area contributed by atoms with Gasteiger partial charge < -0.3 is 9.47 Å². The maximum Gasteiger partial charge on any atom is 0.387 e. The van der Waals surface area contributed by atoms with E-state index in [0.717, 1.165) is 37.9 Å². The van der Waals surface area contributed by atoms with Crippen molar-refractivity contribution in [3.8, 4) is 5.75 Å². The minimum Gasteiger partial charge on any atom is -0.435 e. The molecule has 0 radical (unpaired) electrons. The number of rotatable bonds is 12. The maximum absolute atomic E-state index is 12.2. The molecule has 0 aromatic heterocycles. The van der Waals surface area contributed by atoms with Crippen LogP contribution in [0, 0.1) is 5.92 Å². The lowest BCUT2D eigenvalue weighted by atomic mass is 9.87. The Bertz CT molecular complexity index is 520. The summed E-state index contributed by atoms with van der Waals surface area (Å²) in [5.74, 6) is 0.779. The molecule has 2 rings (SSSR count). The second kappa shape index (κ2) is 12.9. The van der Waals surface area contributed by atoms with Crippen molar-refractivity contribution in [3.63, 3.8) is 0 Å². The highest BCUT2D eigenvalue weighted by Gasteiger charge is 2.19. The number of unbranched alkanes of at least 4 members (excludes halogenated alkanes) is 5. The molecule has 2 nitrogen and oxygen atoms in total. The molecule has 0 bridgehead atoms. The van der Waals surface area contributed by atoms with Crippen molar-refractivity contribution in [3.05, 3.63) is 35.9 Å². The molecule has 0 spiro atoms. The third kappa shape index (κ3) is 9.37. The zero-order valence-electron chi connectivity index (χ0n) is 16.5. The summed E-state index contributed by atoms with van der Waals surface area (Å²) in [6.45, 7) is 0.380. The quantitative estimate of drug-likeness (QED) is 0.356. The zero-order valence-corrected chi connectivity index (χ0v) is 16.5. The van der Waals surface area contributed by atoms with E-state index < -0.39 is 6.61 Å². The summed E-state index contributed by atoms with van der Waals surface area (Å²) in [5, 5.41) is 0. The standard InChI is InChI=1S/C23H34F2O2/c1-2-3-4-5-6-7-18-26-21-14-10-19(11-15-21)8-9-20-12-16-22(17-13-20)27-23(24)25/h8-9,12-13,16-17,19,21,23H,2-7,10-11,14-15,18H2,1H3/t19-,21-. The summed E-state index contributed by atoms with van der Waals surface area (Å²) in [6.07, 6.45) is 17.1. The summed E-state index contributed by atoms with van der Waals surface area (Å²) in [7, 11) is 0. The van der Waals surface area contributed by atoms with Gasteiger partial charge in [-0.15, -0.1) is 0 Å². The molecule has 1 saturated carbocycles. The van der Waals surface area contributed by atoms with E-state index in [1.807, 2.05) is 12.1 Å². The minimum absolute atomic E-state index is 0.199. The molecule has 0 heterocycles. The van der Waals surface area contributed by atoms with Crippen LogP contribution in [0.1, 0.15) is 76.7 Å². The zero-order chi connectivity index (χ0) is 19.3. The number of allylic oxidation sites excluding steroid dienone is 1. The second-order valence-corrected chi connectivity index (χ2v) is 7.48. The molecule has 0 N–H and O–H groups in total. The molecule has 27 heavy (non-hydrogen) atoms. The van der Waals surface area contributed by atoms with Crippen LogP contribution < -0.4 is 4.74 Å². The van der Waals surface area contributed by atoms with Gasteiger partial charge in [-0.2, -0.15) is 8.78 Å². The Balaban J connectivity index is 1.59. The Morgan fingerprint density at radius 3 is 2.30 bits per heavy atom. The van der Waals surface area contributed by atoms with Crippen LogP contribution in [0.15, 0.2) is 30.3 Å². The molecular weight excluding hydrogens is 346 g/mol. The van der Waals surface area contributed by atoms with E-state index in [1.165, 1.54) is 38.5 Å². The van der Waals surface area contributed by atoms with Gasteiger partial charge in [0, 0.05) is 6.61 Å². The van der Waals surface area contributed by atoms with E-state index in [1.54, 1.807) is 12.1 Å². The van der Waals surface area contributed by atoms with E-state index in [9.17, 15) is 8.78 Å². The second-order valence-electron chi connectivity index (χ2n) is 7.48. The van der Waals surface area contributed by atoms with Gasteiger partial charge in [-0.05, 0) is 55.7 Å². The van der Waals surface area contributed by atoms with Crippen molar-refractivity contribution in [1.29, 1.82) is 0 Å². The largest absolute Gasteiger partial charge is 0.435 e. The molecule has 1 aromatic rings. The lowest BCUT2D eigenvalue weighted by Crippen LogP contribution is -2.21. The SMILES string of the molecule is CCCCCCCCO[C@H]1CC[C@H](C=Cc2ccc(OC(F)F)cc2)CC1. The minimum atomic E-state index is -2.77. The van der Waals surface area contributed by atoms with Gasteiger partial charge in [-0.3, -0.25) is 0 Å². The summed E-state index contributed by atoms with van der Waals surface area (Å²) in [6, 6.07) is 6.78. The fourth-order valence-electron chi connectivity index (χ4n) is 3.59. The molecule has 4 heteroatoms. The molecule has 0 saturated heterocycles. The third-order valence-electron chi connectivity index (χ3n) is 5.24. The Labute approximate surface area is 162 Å². The van der Waals surface area contributed by atoms with Crippen LogP contribution in [0.2, 0.25) is 0 Å². The molecule has 0 aliphatic heterocycles. The molecule has 152 valence electrons. The van der Waals surface area contributed by atoms with Gasteiger partial charge >= 0.3 is 6.61 Å². The highest BCUT2D eigenvalue weighted by atomic mass is 19.3. The highest BCUT2D eigenvalue weighted by molar-refractivity contribution is 5.50. The first-order chi connectivity index (χ1) is 13.2. The lowest BCUT2D eigenvalue weighted by molar-refractivity contribution is -0.0498. The molecular formula is C23H34F2O2. The molecule has 0 amide bonds. The number of halogens is 2. The molecule has 0 unspecified atom stereocenters. The van der Waals surface area contributed by atoms with Crippen molar-refractivity contribution >= 4 is 6.08 Å². The average molecular weight is 381 g/mol. The summed E-state index contributed by atoms with van der Waals surface area (Å²) >= 11 is 0. The molecule has 1 fully saturated rings. The smallest absolute Gasteiger partial charge is 0.387 e. The van der Waals surface area contributed by atoms with Crippen LogP contribution in [0.3, 0.4) is 0 Å². The molecule has 1 aliphatic rings. The summed E-state index contributed by atoms with van der Waals surface area (Å²) in [5.41, 5.74) is 1.01. The average Bonchev–Trinajstić information content (AvgIpc) is 2.67. The highest BCUT2D eigenvalue weighted by Crippen LogP contribution is 2.28. The first kappa shape index (κ1) is 21.9. The van der Waals surface area contributed by atoms with Gasteiger partial charge in [0.1, 0.15) is 5.75 Å². The Kier molecular flexibility index (Phi) is 10.4. The predicted molar refractivity (Wildman–Crippen MR) is 107 cm³/mol. The van der Waals surface area contributed by atoms with Gasteiger partial charge in [0.15, 0.2) is 0 Å². The fourth-order valence-corrected chi connectivity index (χ4v) is 3.59. The molecule has 0 atom stereocenters. The number of alkyl halides is 2. The monoisotopic (exact) mass is 380 g/mol.